The second kappa shape index (κ2) is 4.98. The van der Waals surface area contributed by atoms with Crippen LogP contribution < -0.4 is 5.32 Å². The lowest BCUT2D eigenvalue weighted by Crippen LogP contribution is -2.05. The Morgan fingerprint density at radius 1 is 1.37 bits per heavy atom. The number of halogens is 2. The molecule has 0 spiro atoms. The third-order valence-electron chi connectivity index (χ3n) is 3.19. The van der Waals surface area contributed by atoms with E-state index in [0.717, 1.165) is 42.1 Å². The van der Waals surface area contributed by atoms with Crippen molar-refractivity contribution < 1.29 is 8.78 Å². The van der Waals surface area contributed by atoms with E-state index in [2.05, 4.69) is 10.3 Å². The summed E-state index contributed by atoms with van der Waals surface area (Å²) in [6.07, 6.45) is 2.29. The molecular weight excluding hydrogens is 266 g/mol. The number of nitrogens with zero attached hydrogens (tertiary/aromatic N) is 1. The van der Waals surface area contributed by atoms with Crippen molar-refractivity contribution in [1.82, 2.24) is 10.3 Å². The molecule has 2 nitrogen and oxygen atoms in total. The SMILES string of the molecule is CNCc1sc(-c2cc(F)ccc2F)nc1C1CC1. The fraction of sp³-hybridized carbons (Fsp3) is 0.357. The maximum atomic E-state index is 13.8. The highest BCUT2D eigenvalue weighted by atomic mass is 32.1. The van der Waals surface area contributed by atoms with Crippen molar-refractivity contribution in [2.24, 2.45) is 0 Å². The van der Waals surface area contributed by atoms with Crippen molar-refractivity contribution in [1.29, 1.82) is 0 Å². The predicted molar refractivity (Wildman–Crippen MR) is 72.2 cm³/mol. The van der Waals surface area contributed by atoms with E-state index in [-0.39, 0.29) is 5.56 Å². The van der Waals surface area contributed by atoms with Gasteiger partial charge in [0.05, 0.1) is 5.69 Å². The van der Waals surface area contributed by atoms with Crippen LogP contribution in [0.2, 0.25) is 0 Å². The highest BCUT2D eigenvalue weighted by molar-refractivity contribution is 7.15. The van der Waals surface area contributed by atoms with Crippen LogP contribution in [0, 0.1) is 11.6 Å². The lowest BCUT2D eigenvalue weighted by Gasteiger charge is -1.98. The molecule has 3 rings (SSSR count). The molecule has 1 fully saturated rings. The number of hydrogen-bond acceptors (Lipinski definition) is 3. The number of nitrogens with one attached hydrogen (secondary N) is 1. The fourth-order valence-electron chi connectivity index (χ4n) is 2.10. The molecule has 1 aromatic heterocycles. The van der Waals surface area contributed by atoms with E-state index >= 15 is 0 Å². The number of hydrogen-bond donors (Lipinski definition) is 1. The predicted octanol–water partition coefficient (Wildman–Crippen LogP) is 3.69. The van der Waals surface area contributed by atoms with Gasteiger partial charge in [0.25, 0.3) is 0 Å². The van der Waals surface area contributed by atoms with E-state index < -0.39 is 11.6 Å². The monoisotopic (exact) mass is 280 g/mol. The van der Waals surface area contributed by atoms with Crippen molar-refractivity contribution in [3.8, 4) is 10.6 Å². The number of thiazole rings is 1. The third kappa shape index (κ3) is 2.53. The van der Waals surface area contributed by atoms with Crippen LogP contribution in [0.4, 0.5) is 8.78 Å². The molecule has 0 unspecified atom stereocenters. The minimum atomic E-state index is -0.435. The van der Waals surface area contributed by atoms with Crippen LogP contribution in [0.15, 0.2) is 18.2 Å². The molecule has 100 valence electrons. The lowest BCUT2D eigenvalue weighted by molar-refractivity contribution is 0.603. The summed E-state index contributed by atoms with van der Waals surface area (Å²) in [5.74, 6) is -0.354. The molecule has 1 aliphatic carbocycles. The molecule has 1 saturated carbocycles. The Morgan fingerprint density at radius 3 is 2.84 bits per heavy atom. The van der Waals surface area contributed by atoms with Crippen LogP contribution in [0.5, 0.6) is 0 Å². The summed E-state index contributed by atoms with van der Waals surface area (Å²) in [5, 5.41) is 3.67. The molecule has 1 aliphatic rings. The zero-order chi connectivity index (χ0) is 13.4. The van der Waals surface area contributed by atoms with Crippen molar-refractivity contribution in [2.45, 2.75) is 25.3 Å². The Labute approximate surface area is 114 Å². The number of benzene rings is 1. The summed E-state index contributed by atoms with van der Waals surface area (Å²) in [6.45, 7) is 0.723. The summed E-state index contributed by atoms with van der Waals surface area (Å²) in [4.78, 5) is 5.66. The van der Waals surface area contributed by atoms with E-state index in [4.69, 9.17) is 0 Å². The van der Waals surface area contributed by atoms with E-state index in [1.807, 2.05) is 7.05 Å². The van der Waals surface area contributed by atoms with Gasteiger partial charge in [-0.2, -0.15) is 0 Å². The van der Waals surface area contributed by atoms with Crippen LogP contribution in [-0.2, 0) is 6.54 Å². The van der Waals surface area contributed by atoms with Gasteiger partial charge in [0.2, 0.25) is 0 Å². The topological polar surface area (TPSA) is 24.9 Å². The van der Waals surface area contributed by atoms with Crippen molar-refractivity contribution >= 4 is 11.3 Å². The van der Waals surface area contributed by atoms with Crippen LogP contribution in [0.1, 0.15) is 29.3 Å². The van der Waals surface area contributed by atoms with Gasteiger partial charge in [-0.25, -0.2) is 13.8 Å². The van der Waals surface area contributed by atoms with Gasteiger partial charge in [-0.3, -0.25) is 0 Å². The Kier molecular flexibility index (Phi) is 3.33. The van der Waals surface area contributed by atoms with Gasteiger partial charge >= 0.3 is 0 Å². The van der Waals surface area contributed by atoms with Crippen molar-refractivity contribution in [3.05, 3.63) is 40.4 Å². The molecular formula is C14H14F2N2S. The summed E-state index contributed by atoms with van der Waals surface area (Å²) in [7, 11) is 1.87. The van der Waals surface area contributed by atoms with Gasteiger partial charge in [-0.1, -0.05) is 0 Å². The standard InChI is InChI=1S/C14H14F2N2S/c1-17-7-12-13(8-2-3-8)18-14(19-12)10-6-9(15)4-5-11(10)16/h4-6,8,17H,2-3,7H2,1H3. The Bertz CT molecular complexity index is 605. The average Bonchev–Trinajstić information content (AvgIpc) is 3.15. The van der Waals surface area contributed by atoms with Crippen molar-refractivity contribution in [2.75, 3.05) is 7.05 Å². The van der Waals surface area contributed by atoms with Gasteiger partial charge in [-0.15, -0.1) is 11.3 Å². The molecule has 0 bridgehead atoms. The van der Waals surface area contributed by atoms with Crippen LogP contribution in [0.25, 0.3) is 10.6 Å². The Hall–Kier alpha value is -1.33. The van der Waals surface area contributed by atoms with Crippen molar-refractivity contribution in [3.63, 3.8) is 0 Å². The Balaban J connectivity index is 2.04. The molecule has 0 radical (unpaired) electrons. The maximum Gasteiger partial charge on any atom is 0.133 e. The summed E-state index contributed by atoms with van der Waals surface area (Å²) in [5.41, 5.74) is 1.31. The summed E-state index contributed by atoms with van der Waals surface area (Å²) >= 11 is 1.45. The summed E-state index contributed by atoms with van der Waals surface area (Å²) < 4.78 is 27.0. The molecule has 0 aliphatic heterocycles. The zero-order valence-corrected chi connectivity index (χ0v) is 11.4. The van der Waals surface area contributed by atoms with Crippen LogP contribution in [0.3, 0.4) is 0 Å². The minimum absolute atomic E-state index is 0.259. The first-order valence-corrected chi connectivity index (χ1v) is 7.10. The van der Waals surface area contributed by atoms with Gasteiger partial charge in [-0.05, 0) is 38.1 Å². The Morgan fingerprint density at radius 2 is 2.16 bits per heavy atom. The van der Waals surface area contributed by atoms with E-state index in [9.17, 15) is 8.78 Å². The third-order valence-corrected chi connectivity index (χ3v) is 4.29. The molecule has 1 aromatic carbocycles. The quantitative estimate of drug-likeness (QED) is 0.924. The highest BCUT2D eigenvalue weighted by Gasteiger charge is 2.30. The van der Waals surface area contributed by atoms with E-state index in [1.54, 1.807) is 0 Å². The van der Waals surface area contributed by atoms with E-state index in [1.165, 1.54) is 17.4 Å². The maximum absolute atomic E-state index is 13.8. The molecule has 1 N–H and O–H groups in total. The van der Waals surface area contributed by atoms with Gasteiger partial charge in [0.15, 0.2) is 0 Å². The smallest absolute Gasteiger partial charge is 0.133 e. The first kappa shape index (κ1) is 12.7. The number of aromatic nitrogens is 1. The average molecular weight is 280 g/mol. The fourth-order valence-corrected chi connectivity index (χ4v) is 3.28. The molecule has 5 heteroatoms. The van der Waals surface area contributed by atoms with Gasteiger partial charge < -0.3 is 5.32 Å². The molecule has 19 heavy (non-hydrogen) atoms. The molecule has 0 saturated heterocycles. The van der Waals surface area contributed by atoms with Gasteiger partial charge in [0, 0.05) is 22.9 Å². The molecule has 2 aromatic rings. The zero-order valence-electron chi connectivity index (χ0n) is 10.5. The van der Waals surface area contributed by atoms with E-state index in [0.29, 0.717) is 10.9 Å². The molecule has 0 amide bonds. The molecule has 1 heterocycles. The van der Waals surface area contributed by atoms with Crippen LogP contribution in [-0.4, -0.2) is 12.0 Å². The normalized spacial score (nSPS) is 14.9. The highest BCUT2D eigenvalue weighted by Crippen LogP contribution is 2.44. The second-order valence-electron chi connectivity index (χ2n) is 4.76. The van der Waals surface area contributed by atoms with Crippen LogP contribution >= 0.6 is 11.3 Å². The number of rotatable bonds is 4. The first-order valence-electron chi connectivity index (χ1n) is 6.28. The largest absolute Gasteiger partial charge is 0.315 e. The first-order chi connectivity index (χ1) is 9.19. The molecule has 0 atom stereocenters. The second-order valence-corrected chi connectivity index (χ2v) is 5.84. The lowest BCUT2D eigenvalue weighted by atomic mass is 10.2. The summed E-state index contributed by atoms with van der Waals surface area (Å²) in [6, 6.07) is 3.50. The van der Waals surface area contributed by atoms with Gasteiger partial charge in [0.1, 0.15) is 16.6 Å². The minimum Gasteiger partial charge on any atom is -0.315 e.